The number of hydrogen-bond donors (Lipinski definition) is 1. The van der Waals surface area contributed by atoms with E-state index in [4.69, 9.17) is 11.6 Å². The Bertz CT molecular complexity index is 753. The van der Waals surface area contributed by atoms with Gasteiger partial charge in [-0.2, -0.15) is 0 Å². The summed E-state index contributed by atoms with van der Waals surface area (Å²) in [6.45, 7) is 5.02. The zero-order valence-corrected chi connectivity index (χ0v) is 13.5. The lowest BCUT2D eigenvalue weighted by atomic mass is 10.2. The molecule has 5 heteroatoms. The molecule has 0 radical (unpaired) electrons. The number of halogens is 1. The second-order valence-electron chi connectivity index (χ2n) is 5.20. The lowest BCUT2D eigenvalue weighted by Gasteiger charge is -2.05. The number of rotatable bonds is 4. The van der Waals surface area contributed by atoms with Crippen LogP contribution in [0.3, 0.4) is 0 Å². The molecule has 0 aliphatic carbocycles. The fraction of sp³-hybridized carbons (Fsp3) is 0.250. The zero-order valence-electron chi connectivity index (χ0n) is 11.9. The Morgan fingerprint density at radius 3 is 2.67 bits per heavy atom. The third-order valence-electron chi connectivity index (χ3n) is 3.23. The van der Waals surface area contributed by atoms with Crippen molar-refractivity contribution in [2.24, 2.45) is 0 Å². The Morgan fingerprint density at radius 2 is 1.95 bits per heavy atom. The van der Waals surface area contributed by atoms with Crippen molar-refractivity contribution in [3.63, 3.8) is 0 Å². The fourth-order valence-electron chi connectivity index (χ4n) is 2.05. The number of nitrogens with one attached hydrogen (secondary N) is 1. The second-order valence-corrected chi connectivity index (χ2v) is 6.62. The van der Waals surface area contributed by atoms with Gasteiger partial charge in [0.2, 0.25) is 5.95 Å². The summed E-state index contributed by atoms with van der Waals surface area (Å²) in [5.74, 6) is 1.05. The normalized spacial score (nSPS) is 11.2. The lowest BCUT2D eigenvalue weighted by Crippen LogP contribution is -2.03. The van der Waals surface area contributed by atoms with E-state index in [1.807, 2.05) is 18.2 Å². The molecule has 3 nitrogen and oxygen atoms in total. The minimum Gasteiger partial charge on any atom is -0.350 e. The van der Waals surface area contributed by atoms with Crippen LogP contribution >= 0.6 is 22.9 Å². The van der Waals surface area contributed by atoms with Crippen molar-refractivity contribution in [2.45, 2.75) is 26.3 Å². The predicted molar refractivity (Wildman–Crippen MR) is 90.3 cm³/mol. The SMILES string of the molecule is CC(C)c1cc2c(Cl)nc(NCc3ccccc3)nc2s1. The summed E-state index contributed by atoms with van der Waals surface area (Å²) < 4.78 is 0. The van der Waals surface area contributed by atoms with E-state index in [0.717, 1.165) is 10.2 Å². The Balaban J connectivity index is 1.86. The van der Waals surface area contributed by atoms with Gasteiger partial charge in [-0.05, 0) is 17.5 Å². The van der Waals surface area contributed by atoms with E-state index in [0.29, 0.717) is 23.6 Å². The van der Waals surface area contributed by atoms with Crippen LogP contribution in [0.25, 0.3) is 10.2 Å². The highest BCUT2D eigenvalue weighted by Gasteiger charge is 2.12. The molecule has 0 aliphatic heterocycles. The van der Waals surface area contributed by atoms with Crippen molar-refractivity contribution in [1.29, 1.82) is 0 Å². The van der Waals surface area contributed by atoms with Crippen LogP contribution in [0.2, 0.25) is 5.15 Å². The number of anilines is 1. The van der Waals surface area contributed by atoms with Crippen molar-refractivity contribution in [1.82, 2.24) is 9.97 Å². The zero-order chi connectivity index (χ0) is 14.8. The summed E-state index contributed by atoms with van der Waals surface area (Å²) in [6.07, 6.45) is 0. The topological polar surface area (TPSA) is 37.8 Å². The summed E-state index contributed by atoms with van der Waals surface area (Å²) >= 11 is 7.96. The van der Waals surface area contributed by atoms with Crippen LogP contribution in [-0.4, -0.2) is 9.97 Å². The number of benzene rings is 1. The van der Waals surface area contributed by atoms with Gasteiger partial charge in [0.05, 0.1) is 0 Å². The smallest absolute Gasteiger partial charge is 0.225 e. The quantitative estimate of drug-likeness (QED) is 0.682. The van der Waals surface area contributed by atoms with Crippen LogP contribution < -0.4 is 5.32 Å². The highest BCUT2D eigenvalue weighted by atomic mass is 35.5. The van der Waals surface area contributed by atoms with E-state index in [-0.39, 0.29) is 0 Å². The van der Waals surface area contributed by atoms with E-state index in [1.165, 1.54) is 10.4 Å². The molecule has 0 fully saturated rings. The average Bonchev–Trinajstić information content (AvgIpc) is 2.91. The number of nitrogens with zero attached hydrogens (tertiary/aromatic N) is 2. The van der Waals surface area contributed by atoms with Crippen molar-refractivity contribution in [3.05, 3.63) is 52.0 Å². The Hall–Kier alpha value is -1.65. The average molecular weight is 318 g/mol. The molecule has 0 atom stereocenters. The van der Waals surface area contributed by atoms with E-state index in [2.05, 4.69) is 47.3 Å². The molecule has 0 amide bonds. The summed E-state index contributed by atoms with van der Waals surface area (Å²) in [4.78, 5) is 11.1. The standard InChI is InChI=1S/C16H16ClN3S/c1-10(2)13-8-12-14(17)19-16(20-15(12)21-13)18-9-11-6-4-3-5-7-11/h3-8,10H,9H2,1-2H3,(H,18,19,20). The molecule has 21 heavy (non-hydrogen) atoms. The van der Waals surface area contributed by atoms with Gasteiger partial charge >= 0.3 is 0 Å². The first kappa shape index (κ1) is 14.3. The van der Waals surface area contributed by atoms with Crippen LogP contribution in [0.1, 0.15) is 30.2 Å². The van der Waals surface area contributed by atoms with E-state index in [1.54, 1.807) is 11.3 Å². The van der Waals surface area contributed by atoms with Crippen molar-refractivity contribution >= 4 is 39.1 Å². The Morgan fingerprint density at radius 1 is 1.19 bits per heavy atom. The van der Waals surface area contributed by atoms with E-state index >= 15 is 0 Å². The molecule has 3 rings (SSSR count). The maximum Gasteiger partial charge on any atom is 0.225 e. The first-order chi connectivity index (χ1) is 10.1. The van der Waals surface area contributed by atoms with Crippen molar-refractivity contribution in [3.8, 4) is 0 Å². The van der Waals surface area contributed by atoms with E-state index in [9.17, 15) is 0 Å². The first-order valence-electron chi connectivity index (χ1n) is 6.88. The molecule has 2 heterocycles. The van der Waals surface area contributed by atoms with Gasteiger partial charge in [0.15, 0.2) is 0 Å². The molecule has 108 valence electrons. The lowest BCUT2D eigenvalue weighted by molar-refractivity contribution is 0.890. The number of thiophene rings is 1. The van der Waals surface area contributed by atoms with Gasteiger partial charge in [-0.25, -0.2) is 9.97 Å². The van der Waals surface area contributed by atoms with Gasteiger partial charge in [0.25, 0.3) is 0 Å². The number of aromatic nitrogens is 2. The fourth-order valence-corrected chi connectivity index (χ4v) is 3.36. The third-order valence-corrected chi connectivity index (χ3v) is 4.85. The van der Waals surface area contributed by atoms with Gasteiger partial charge in [-0.15, -0.1) is 11.3 Å². The monoisotopic (exact) mass is 317 g/mol. The number of fused-ring (bicyclic) bond motifs is 1. The van der Waals surface area contributed by atoms with Crippen LogP contribution in [0, 0.1) is 0 Å². The summed E-state index contributed by atoms with van der Waals surface area (Å²) in [5.41, 5.74) is 1.19. The van der Waals surface area contributed by atoms with Gasteiger partial charge in [-0.1, -0.05) is 55.8 Å². The highest BCUT2D eigenvalue weighted by molar-refractivity contribution is 7.18. The molecule has 1 N–H and O–H groups in total. The summed E-state index contributed by atoms with van der Waals surface area (Å²) in [6, 6.07) is 12.3. The molecule has 0 unspecified atom stereocenters. The molecule has 0 aliphatic rings. The summed E-state index contributed by atoms with van der Waals surface area (Å²) in [7, 11) is 0. The molecule has 0 saturated carbocycles. The number of hydrogen-bond acceptors (Lipinski definition) is 4. The molecule has 0 saturated heterocycles. The molecule has 0 spiro atoms. The second kappa shape index (κ2) is 6.00. The minimum atomic E-state index is 0.473. The highest BCUT2D eigenvalue weighted by Crippen LogP contribution is 2.33. The molecule has 0 bridgehead atoms. The van der Waals surface area contributed by atoms with Crippen LogP contribution in [0.15, 0.2) is 36.4 Å². The first-order valence-corrected chi connectivity index (χ1v) is 8.07. The van der Waals surface area contributed by atoms with Crippen LogP contribution in [0.5, 0.6) is 0 Å². The van der Waals surface area contributed by atoms with Gasteiger partial charge < -0.3 is 5.32 Å². The van der Waals surface area contributed by atoms with E-state index < -0.39 is 0 Å². The third kappa shape index (κ3) is 3.17. The largest absolute Gasteiger partial charge is 0.350 e. The molecule has 1 aromatic carbocycles. The predicted octanol–water partition coefficient (Wildman–Crippen LogP) is 5.08. The van der Waals surface area contributed by atoms with Gasteiger partial charge in [0, 0.05) is 16.8 Å². The molecule has 2 aromatic heterocycles. The Kier molecular flexibility index (Phi) is 4.08. The summed E-state index contributed by atoms with van der Waals surface area (Å²) in [5, 5.41) is 4.69. The van der Waals surface area contributed by atoms with Crippen LogP contribution in [-0.2, 0) is 6.54 Å². The maximum absolute atomic E-state index is 6.28. The molecule has 3 aromatic rings. The molecular formula is C16H16ClN3S. The van der Waals surface area contributed by atoms with Crippen molar-refractivity contribution in [2.75, 3.05) is 5.32 Å². The maximum atomic E-state index is 6.28. The molecular weight excluding hydrogens is 302 g/mol. The van der Waals surface area contributed by atoms with Crippen LogP contribution in [0.4, 0.5) is 5.95 Å². The van der Waals surface area contributed by atoms with Gasteiger partial charge in [-0.3, -0.25) is 0 Å². The Labute approximate surface area is 133 Å². The van der Waals surface area contributed by atoms with Crippen molar-refractivity contribution < 1.29 is 0 Å². The van der Waals surface area contributed by atoms with Gasteiger partial charge in [0.1, 0.15) is 9.98 Å². The minimum absolute atomic E-state index is 0.473.